The lowest BCUT2D eigenvalue weighted by Gasteiger charge is -2.38. The number of nitrogens with one attached hydrogen (secondary N) is 2. The lowest BCUT2D eigenvalue weighted by molar-refractivity contribution is -0.187. The van der Waals surface area contributed by atoms with Crippen LogP contribution in [0.1, 0.15) is 92.3 Å². The van der Waals surface area contributed by atoms with E-state index >= 15 is 0 Å². The fraction of sp³-hybridized carbons (Fsp3) is 0.767. The van der Waals surface area contributed by atoms with Gasteiger partial charge in [0.05, 0.1) is 11.1 Å². The molecule has 3 rings (SSSR count). The van der Waals surface area contributed by atoms with Crippen molar-refractivity contribution in [3.63, 3.8) is 0 Å². The smallest absolute Gasteiger partial charge is 0.408 e. The zero-order chi connectivity index (χ0) is 30.3. The topological polar surface area (TPSA) is 98.3 Å². The number of fused-ring (bicyclic) bond motifs is 1. The quantitative estimate of drug-likeness (QED) is 0.204. The van der Waals surface area contributed by atoms with Gasteiger partial charge < -0.3 is 29.1 Å². The van der Waals surface area contributed by atoms with Crippen molar-refractivity contribution in [3.8, 4) is 5.75 Å². The van der Waals surface area contributed by atoms with Crippen LogP contribution in [-0.4, -0.2) is 55.9 Å². The van der Waals surface area contributed by atoms with Gasteiger partial charge in [0.25, 0.3) is 0 Å². The molecule has 2 aliphatic carbocycles. The summed E-state index contributed by atoms with van der Waals surface area (Å²) >= 11 is 6.81. The van der Waals surface area contributed by atoms with Crippen LogP contribution in [0.25, 0.3) is 0 Å². The number of benzene rings is 1. The normalized spacial score (nSPS) is 21.5. The largest absolute Gasteiger partial charge is 0.491 e. The van der Waals surface area contributed by atoms with Gasteiger partial charge in [0.1, 0.15) is 18.0 Å². The number of ether oxygens (including phenoxy) is 3. The number of rotatable bonds is 10. The van der Waals surface area contributed by atoms with Gasteiger partial charge in [0, 0.05) is 23.6 Å². The van der Waals surface area contributed by atoms with Crippen molar-refractivity contribution in [1.82, 2.24) is 10.6 Å². The van der Waals surface area contributed by atoms with E-state index in [-0.39, 0.29) is 17.0 Å². The minimum absolute atomic E-state index is 0.0544. The molecular weight excluding hydrogens is 548 g/mol. The summed E-state index contributed by atoms with van der Waals surface area (Å²) in [6, 6.07) is 3.58. The maximum absolute atomic E-state index is 12.3. The molecule has 0 aliphatic heterocycles. The highest BCUT2D eigenvalue weighted by molar-refractivity contribution is 6.74. The van der Waals surface area contributed by atoms with Gasteiger partial charge >= 0.3 is 6.09 Å². The molecule has 1 unspecified atom stereocenters. The fourth-order valence-electron chi connectivity index (χ4n) is 4.48. The third-order valence-corrected chi connectivity index (χ3v) is 12.7. The SMILES string of the molecule is CC(C)(C)OC(=O)NC1(COc2cc(Cl)c3c(c2)[C@@H](NC(O)OC(C)(C)C)[C@H](CO[Si](C)(C)C(C)(C)C)C3)CC1. The number of carbonyl (C=O) groups is 1. The highest BCUT2D eigenvalue weighted by Gasteiger charge is 2.46. The molecule has 0 saturated heterocycles. The van der Waals surface area contributed by atoms with Crippen molar-refractivity contribution in [1.29, 1.82) is 0 Å². The van der Waals surface area contributed by atoms with Crippen molar-refractivity contribution in [2.75, 3.05) is 13.2 Å². The molecule has 0 radical (unpaired) electrons. The molecule has 0 heterocycles. The number of aliphatic hydroxyl groups is 1. The van der Waals surface area contributed by atoms with E-state index in [4.69, 9.17) is 30.2 Å². The Morgan fingerprint density at radius 3 is 2.25 bits per heavy atom. The van der Waals surface area contributed by atoms with Crippen LogP contribution in [-0.2, 0) is 20.3 Å². The number of carbonyl (C=O) groups excluding carboxylic acids is 1. The maximum atomic E-state index is 12.3. The van der Waals surface area contributed by atoms with Crippen molar-refractivity contribution in [2.24, 2.45) is 5.92 Å². The van der Waals surface area contributed by atoms with Gasteiger partial charge in [-0.05, 0) is 102 Å². The molecule has 228 valence electrons. The van der Waals surface area contributed by atoms with Crippen LogP contribution in [0.2, 0.25) is 23.2 Å². The molecule has 3 N–H and O–H groups in total. The Hall–Kier alpha value is -1.36. The highest BCUT2D eigenvalue weighted by atomic mass is 35.5. The Morgan fingerprint density at radius 2 is 1.73 bits per heavy atom. The second-order valence-electron chi connectivity index (χ2n) is 14.9. The molecule has 8 nitrogen and oxygen atoms in total. The summed E-state index contributed by atoms with van der Waals surface area (Å²) in [5.41, 5.74) is 0.451. The Labute approximate surface area is 246 Å². The number of aliphatic hydroxyl groups excluding tert-OH is 1. The molecule has 1 saturated carbocycles. The van der Waals surface area contributed by atoms with Crippen LogP contribution in [0.4, 0.5) is 4.79 Å². The average molecular weight is 599 g/mol. The number of amides is 1. The molecule has 1 aromatic rings. The standard InChI is InChI=1S/C30H51ClN2O6Si/c1-27(2,3)38-25(34)32-24-19(17-37-40(10,11)29(7,8)9)14-21-22(24)15-20(16-23(21)31)36-18-30(12-13-30)33-26(35)39-28(4,5)6/h15-16,19,24-25,32,34H,12-14,17-18H2,1-11H3,(H,33,35)/t19-,24-,25?/m0/s1. The van der Waals surface area contributed by atoms with E-state index in [1.807, 2.05) is 53.7 Å². The summed E-state index contributed by atoms with van der Waals surface area (Å²) in [5, 5.41) is 17.7. The predicted molar refractivity (Wildman–Crippen MR) is 161 cm³/mol. The maximum Gasteiger partial charge on any atom is 0.408 e. The van der Waals surface area contributed by atoms with E-state index in [0.717, 1.165) is 24.0 Å². The first-order chi connectivity index (χ1) is 18.1. The molecule has 0 bridgehead atoms. The van der Waals surface area contributed by atoms with Crippen molar-refractivity contribution >= 4 is 26.0 Å². The second kappa shape index (κ2) is 11.7. The summed E-state index contributed by atoms with van der Waals surface area (Å²) in [6.45, 7) is 23.3. The van der Waals surface area contributed by atoms with E-state index in [9.17, 15) is 9.90 Å². The van der Waals surface area contributed by atoms with Crippen LogP contribution >= 0.6 is 11.6 Å². The van der Waals surface area contributed by atoms with E-state index < -0.39 is 37.6 Å². The lowest BCUT2D eigenvalue weighted by Crippen LogP contribution is -2.45. The summed E-state index contributed by atoms with van der Waals surface area (Å²) in [6.07, 6.45) is 0.744. The second-order valence-corrected chi connectivity index (χ2v) is 20.1. The average Bonchev–Trinajstić information content (AvgIpc) is 3.41. The number of hydrogen-bond acceptors (Lipinski definition) is 7. The summed E-state index contributed by atoms with van der Waals surface area (Å²) in [4.78, 5) is 12.3. The van der Waals surface area contributed by atoms with Crippen LogP contribution in [0.5, 0.6) is 5.75 Å². The van der Waals surface area contributed by atoms with E-state index in [1.165, 1.54) is 0 Å². The lowest BCUT2D eigenvalue weighted by atomic mass is 10.0. The van der Waals surface area contributed by atoms with Gasteiger partial charge in [0.15, 0.2) is 8.32 Å². The molecule has 2 aliphatic rings. The molecule has 1 amide bonds. The molecule has 0 spiro atoms. The molecule has 40 heavy (non-hydrogen) atoms. The first kappa shape index (κ1) is 33.1. The Bertz CT molecular complexity index is 1060. The van der Waals surface area contributed by atoms with Gasteiger partial charge in [0.2, 0.25) is 6.41 Å². The molecular formula is C30H51ClN2O6Si. The predicted octanol–water partition coefficient (Wildman–Crippen LogP) is 6.69. The third-order valence-electron chi connectivity index (χ3n) is 7.86. The number of hydrogen-bond donors (Lipinski definition) is 3. The Balaban J connectivity index is 1.79. The van der Waals surface area contributed by atoms with Gasteiger partial charge in [-0.3, -0.25) is 5.32 Å². The zero-order valence-corrected chi connectivity index (χ0v) is 28.0. The first-order valence-corrected chi connectivity index (χ1v) is 17.6. The first-order valence-electron chi connectivity index (χ1n) is 14.3. The van der Waals surface area contributed by atoms with Crippen LogP contribution in [0.15, 0.2) is 12.1 Å². The Kier molecular flexibility index (Phi) is 9.72. The minimum atomic E-state index is -1.99. The summed E-state index contributed by atoms with van der Waals surface area (Å²) in [7, 11) is -1.99. The fourth-order valence-corrected chi connectivity index (χ4v) is 5.83. The van der Waals surface area contributed by atoms with Crippen molar-refractivity contribution in [2.45, 2.75) is 129 Å². The van der Waals surface area contributed by atoms with Gasteiger partial charge in [-0.2, -0.15) is 0 Å². The van der Waals surface area contributed by atoms with Gasteiger partial charge in [-0.15, -0.1) is 0 Å². The number of alkyl carbamates (subject to hydrolysis) is 1. The molecule has 1 fully saturated rings. The monoisotopic (exact) mass is 598 g/mol. The molecule has 10 heteroatoms. The van der Waals surface area contributed by atoms with Crippen LogP contribution in [0.3, 0.4) is 0 Å². The molecule has 1 aromatic carbocycles. The van der Waals surface area contributed by atoms with Gasteiger partial charge in [-0.25, -0.2) is 4.79 Å². The van der Waals surface area contributed by atoms with E-state index in [1.54, 1.807) is 0 Å². The van der Waals surface area contributed by atoms with E-state index in [2.05, 4.69) is 44.5 Å². The Morgan fingerprint density at radius 1 is 1.10 bits per heavy atom. The zero-order valence-electron chi connectivity index (χ0n) is 26.3. The van der Waals surface area contributed by atoms with Gasteiger partial charge in [-0.1, -0.05) is 32.4 Å². The minimum Gasteiger partial charge on any atom is -0.491 e. The van der Waals surface area contributed by atoms with E-state index in [0.29, 0.717) is 30.4 Å². The van der Waals surface area contributed by atoms with Crippen molar-refractivity contribution < 1.29 is 28.5 Å². The molecule has 3 atom stereocenters. The van der Waals surface area contributed by atoms with Crippen molar-refractivity contribution in [3.05, 3.63) is 28.3 Å². The third kappa shape index (κ3) is 9.07. The van der Waals surface area contributed by atoms with Crippen LogP contribution in [0, 0.1) is 5.92 Å². The number of halogens is 1. The molecule has 0 aromatic heterocycles. The summed E-state index contributed by atoms with van der Waals surface area (Å²) in [5.74, 6) is 0.670. The highest BCUT2D eigenvalue weighted by Crippen LogP contribution is 2.45. The summed E-state index contributed by atoms with van der Waals surface area (Å²) < 4.78 is 24.0. The van der Waals surface area contributed by atoms with Crippen LogP contribution < -0.4 is 15.4 Å².